The molecular weight excluding hydrogens is 254 g/mol. The number of aryl methyl sites for hydroxylation is 1. The number of carbonyl (C=O) groups is 1. The van der Waals surface area contributed by atoms with Crippen LogP contribution in [0.5, 0.6) is 0 Å². The molecular formula is C14H25N5O. The van der Waals surface area contributed by atoms with Crippen molar-refractivity contribution in [3.63, 3.8) is 0 Å². The molecule has 1 aliphatic heterocycles. The molecule has 6 heteroatoms. The maximum atomic E-state index is 12.3. The van der Waals surface area contributed by atoms with E-state index in [1.54, 1.807) is 17.9 Å². The lowest BCUT2D eigenvalue weighted by atomic mass is 10.2. The average Bonchev–Trinajstić information content (AvgIpc) is 2.91. The Morgan fingerprint density at radius 3 is 2.60 bits per heavy atom. The summed E-state index contributed by atoms with van der Waals surface area (Å²) in [6.07, 6.45) is 4.02. The van der Waals surface area contributed by atoms with Gasteiger partial charge in [0.15, 0.2) is 0 Å². The highest BCUT2D eigenvalue weighted by Crippen LogP contribution is 2.25. The number of anilines is 1. The van der Waals surface area contributed by atoms with E-state index in [4.69, 9.17) is 5.73 Å². The second-order valence-electron chi connectivity index (χ2n) is 5.80. The minimum Gasteiger partial charge on any atom is -0.384 e. The molecule has 1 aromatic heterocycles. The molecule has 0 spiro atoms. The fourth-order valence-electron chi connectivity index (χ4n) is 3.07. The SMILES string of the molecule is CC1CCC(C)N1C(C)C(=O)NCc1cnn(C)c1N. The first-order valence-corrected chi connectivity index (χ1v) is 7.23. The van der Waals surface area contributed by atoms with Gasteiger partial charge in [-0.1, -0.05) is 0 Å². The van der Waals surface area contributed by atoms with Crippen molar-refractivity contribution in [2.75, 3.05) is 5.73 Å². The molecule has 1 aromatic rings. The molecule has 3 N–H and O–H groups in total. The number of aromatic nitrogens is 2. The zero-order valence-corrected chi connectivity index (χ0v) is 12.8. The van der Waals surface area contributed by atoms with Crippen molar-refractivity contribution < 1.29 is 4.79 Å². The van der Waals surface area contributed by atoms with Crippen LogP contribution >= 0.6 is 0 Å². The number of nitrogen functional groups attached to an aromatic ring is 1. The van der Waals surface area contributed by atoms with Gasteiger partial charge in [0.1, 0.15) is 5.82 Å². The van der Waals surface area contributed by atoms with E-state index in [1.807, 2.05) is 6.92 Å². The number of hydrogen-bond donors (Lipinski definition) is 2. The minimum atomic E-state index is -0.111. The number of hydrogen-bond acceptors (Lipinski definition) is 4. The monoisotopic (exact) mass is 279 g/mol. The molecule has 0 aliphatic carbocycles. The molecule has 1 amide bonds. The summed E-state index contributed by atoms with van der Waals surface area (Å²) in [6.45, 7) is 6.78. The van der Waals surface area contributed by atoms with E-state index >= 15 is 0 Å². The summed E-state index contributed by atoms with van der Waals surface area (Å²) in [5.74, 6) is 0.648. The molecule has 0 radical (unpaired) electrons. The van der Waals surface area contributed by atoms with Crippen molar-refractivity contribution in [3.05, 3.63) is 11.8 Å². The highest BCUT2D eigenvalue weighted by Gasteiger charge is 2.34. The zero-order valence-electron chi connectivity index (χ0n) is 12.8. The van der Waals surface area contributed by atoms with Crippen LogP contribution in [0.2, 0.25) is 0 Å². The van der Waals surface area contributed by atoms with Gasteiger partial charge in [0.05, 0.1) is 12.2 Å². The van der Waals surface area contributed by atoms with Gasteiger partial charge < -0.3 is 11.1 Å². The predicted molar refractivity (Wildman–Crippen MR) is 78.9 cm³/mol. The van der Waals surface area contributed by atoms with E-state index in [9.17, 15) is 4.79 Å². The predicted octanol–water partition coefficient (Wildman–Crippen LogP) is 0.880. The van der Waals surface area contributed by atoms with Crippen molar-refractivity contribution in [1.82, 2.24) is 20.0 Å². The van der Waals surface area contributed by atoms with E-state index in [2.05, 4.69) is 29.2 Å². The summed E-state index contributed by atoms with van der Waals surface area (Å²) in [5, 5.41) is 7.03. The van der Waals surface area contributed by atoms with Crippen LogP contribution in [-0.4, -0.2) is 38.7 Å². The van der Waals surface area contributed by atoms with Crippen molar-refractivity contribution in [2.24, 2.45) is 7.05 Å². The second kappa shape index (κ2) is 5.83. The number of nitrogens with zero attached hydrogens (tertiary/aromatic N) is 3. The van der Waals surface area contributed by atoms with Crippen molar-refractivity contribution in [1.29, 1.82) is 0 Å². The molecule has 3 atom stereocenters. The second-order valence-corrected chi connectivity index (χ2v) is 5.80. The topological polar surface area (TPSA) is 76.2 Å². The Kier molecular flexibility index (Phi) is 4.32. The van der Waals surface area contributed by atoms with Gasteiger partial charge in [0, 0.05) is 31.2 Å². The summed E-state index contributed by atoms with van der Waals surface area (Å²) < 4.78 is 1.61. The fraction of sp³-hybridized carbons (Fsp3) is 0.714. The molecule has 1 saturated heterocycles. The Bertz CT molecular complexity index is 474. The van der Waals surface area contributed by atoms with Gasteiger partial charge in [0.25, 0.3) is 0 Å². The Hall–Kier alpha value is -1.56. The van der Waals surface area contributed by atoms with E-state index in [-0.39, 0.29) is 11.9 Å². The average molecular weight is 279 g/mol. The third-order valence-corrected chi connectivity index (χ3v) is 4.36. The van der Waals surface area contributed by atoms with Gasteiger partial charge in [-0.05, 0) is 33.6 Å². The lowest BCUT2D eigenvalue weighted by Gasteiger charge is -2.31. The van der Waals surface area contributed by atoms with Gasteiger partial charge in [-0.15, -0.1) is 0 Å². The number of amides is 1. The van der Waals surface area contributed by atoms with Crippen LogP contribution < -0.4 is 11.1 Å². The van der Waals surface area contributed by atoms with Gasteiger partial charge >= 0.3 is 0 Å². The first-order valence-electron chi connectivity index (χ1n) is 7.23. The maximum Gasteiger partial charge on any atom is 0.237 e. The summed E-state index contributed by atoms with van der Waals surface area (Å²) in [4.78, 5) is 14.6. The summed E-state index contributed by atoms with van der Waals surface area (Å²) in [7, 11) is 1.79. The maximum absolute atomic E-state index is 12.3. The Labute approximate surface area is 120 Å². The van der Waals surface area contributed by atoms with Gasteiger partial charge in [-0.3, -0.25) is 14.4 Å². The highest BCUT2D eigenvalue weighted by molar-refractivity contribution is 5.81. The highest BCUT2D eigenvalue weighted by atomic mass is 16.2. The molecule has 1 fully saturated rings. The van der Waals surface area contributed by atoms with E-state index in [1.165, 1.54) is 0 Å². The van der Waals surface area contributed by atoms with Gasteiger partial charge in [0.2, 0.25) is 5.91 Å². The van der Waals surface area contributed by atoms with Crippen LogP contribution in [0.4, 0.5) is 5.82 Å². The first-order chi connectivity index (χ1) is 9.41. The van der Waals surface area contributed by atoms with E-state index in [0.717, 1.165) is 18.4 Å². The summed E-state index contributed by atoms with van der Waals surface area (Å²) >= 11 is 0. The number of likely N-dealkylation sites (tertiary alicyclic amines) is 1. The molecule has 2 heterocycles. The van der Waals surface area contributed by atoms with Crippen LogP contribution in [-0.2, 0) is 18.4 Å². The van der Waals surface area contributed by atoms with Crippen molar-refractivity contribution in [2.45, 2.75) is 58.3 Å². The summed E-state index contributed by atoms with van der Waals surface area (Å²) in [6, 6.07) is 0.823. The van der Waals surface area contributed by atoms with Crippen LogP contribution in [0.25, 0.3) is 0 Å². The van der Waals surface area contributed by atoms with Crippen molar-refractivity contribution >= 4 is 11.7 Å². The minimum absolute atomic E-state index is 0.0499. The number of rotatable bonds is 4. The Morgan fingerprint density at radius 1 is 1.50 bits per heavy atom. The molecule has 20 heavy (non-hydrogen) atoms. The number of carbonyl (C=O) groups excluding carboxylic acids is 1. The molecule has 1 aliphatic rings. The molecule has 112 valence electrons. The molecule has 6 nitrogen and oxygen atoms in total. The van der Waals surface area contributed by atoms with Crippen LogP contribution in [0, 0.1) is 0 Å². The number of nitrogens with one attached hydrogen (secondary N) is 1. The zero-order chi connectivity index (χ0) is 14.9. The molecule has 0 saturated carbocycles. The third kappa shape index (κ3) is 2.80. The normalized spacial score (nSPS) is 24.8. The smallest absolute Gasteiger partial charge is 0.237 e. The standard InChI is InChI=1S/C14H25N5O/c1-9-5-6-10(2)19(9)11(3)14(20)16-7-12-8-17-18(4)13(12)15/h8-11H,5-7,15H2,1-4H3,(H,16,20). The molecule has 0 bridgehead atoms. The number of nitrogens with two attached hydrogens (primary N) is 1. The van der Waals surface area contributed by atoms with Crippen LogP contribution in [0.15, 0.2) is 6.20 Å². The lowest BCUT2D eigenvalue weighted by molar-refractivity contribution is -0.127. The molecule has 3 unspecified atom stereocenters. The largest absolute Gasteiger partial charge is 0.384 e. The Balaban J connectivity index is 1.93. The van der Waals surface area contributed by atoms with Gasteiger partial charge in [-0.2, -0.15) is 5.10 Å². The first kappa shape index (κ1) is 14.8. The fourth-order valence-corrected chi connectivity index (χ4v) is 3.07. The van der Waals surface area contributed by atoms with Crippen LogP contribution in [0.1, 0.15) is 39.2 Å². The van der Waals surface area contributed by atoms with E-state index < -0.39 is 0 Å². The Morgan fingerprint density at radius 2 is 2.10 bits per heavy atom. The van der Waals surface area contributed by atoms with Gasteiger partial charge in [-0.25, -0.2) is 0 Å². The third-order valence-electron chi connectivity index (χ3n) is 4.36. The van der Waals surface area contributed by atoms with E-state index in [0.29, 0.717) is 24.4 Å². The molecule has 2 rings (SSSR count). The summed E-state index contributed by atoms with van der Waals surface area (Å²) in [5.41, 5.74) is 6.73. The van der Waals surface area contributed by atoms with Crippen molar-refractivity contribution in [3.8, 4) is 0 Å². The van der Waals surface area contributed by atoms with Crippen LogP contribution in [0.3, 0.4) is 0 Å². The lowest BCUT2D eigenvalue weighted by Crippen LogP contribution is -2.48. The molecule has 0 aromatic carbocycles. The quantitative estimate of drug-likeness (QED) is 0.858.